The van der Waals surface area contributed by atoms with Crippen LogP contribution in [0.2, 0.25) is 0 Å². The molecule has 0 aliphatic rings. The third-order valence-electron chi connectivity index (χ3n) is 10.3. The van der Waals surface area contributed by atoms with E-state index in [1.165, 1.54) is 20.2 Å². The van der Waals surface area contributed by atoms with E-state index in [1.54, 1.807) is 11.3 Å². The van der Waals surface area contributed by atoms with E-state index in [-0.39, 0.29) is 0 Å². The SMILES string of the molecule is c1ccc(-c2cccc(-c3nc(-c4ccc5sc6ccccc6c5c4)nc(-c4cc5c(oc6cccc(-c7ccccc7)c65)c5ccccc45)n3)c2)cc1. The number of rotatable bonds is 5. The number of hydrogen-bond donors (Lipinski definition) is 0. The molecule has 3 heterocycles. The fourth-order valence-corrected chi connectivity index (χ4v) is 8.87. The van der Waals surface area contributed by atoms with E-state index < -0.39 is 0 Å². The summed E-state index contributed by atoms with van der Waals surface area (Å²) in [6.45, 7) is 0. The molecule has 4 nitrogen and oxygen atoms in total. The van der Waals surface area contributed by atoms with Crippen LogP contribution in [0.15, 0.2) is 180 Å². The van der Waals surface area contributed by atoms with Crippen molar-refractivity contribution < 1.29 is 4.42 Å². The monoisotopic (exact) mass is 707 g/mol. The number of aromatic nitrogens is 3. The molecule has 0 radical (unpaired) electrons. The van der Waals surface area contributed by atoms with Gasteiger partial charge in [-0.1, -0.05) is 133 Å². The predicted molar refractivity (Wildman–Crippen MR) is 225 cm³/mol. The summed E-state index contributed by atoms with van der Waals surface area (Å²) in [4.78, 5) is 15.8. The maximum Gasteiger partial charge on any atom is 0.164 e. The van der Waals surface area contributed by atoms with Crippen LogP contribution in [0.1, 0.15) is 0 Å². The van der Waals surface area contributed by atoms with Crippen LogP contribution in [0.3, 0.4) is 0 Å². The van der Waals surface area contributed by atoms with Gasteiger partial charge in [0.2, 0.25) is 0 Å². The number of furan rings is 1. The molecule has 0 N–H and O–H groups in total. The summed E-state index contributed by atoms with van der Waals surface area (Å²) in [6, 6.07) is 61.4. The van der Waals surface area contributed by atoms with Crippen LogP contribution in [0.4, 0.5) is 0 Å². The Bertz CT molecular complexity index is 3220. The second-order valence-electron chi connectivity index (χ2n) is 13.6. The van der Waals surface area contributed by atoms with Crippen molar-refractivity contribution >= 4 is 64.2 Å². The topological polar surface area (TPSA) is 51.8 Å². The first-order valence-electron chi connectivity index (χ1n) is 18.0. The summed E-state index contributed by atoms with van der Waals surface area (Å²) in [6.07, 6.45) is 0. The largest absolute Gasteiger partial charge is 0.455 e. The Morgan fingerprint density at radius 2 is 0.963 bits per heavy atom. The molecular weight excluding hydrogens is 679 g/mol. The van der Waals surface area contributed by atoms with Gasteiger partial charge >= 0.3 is 0 Å². The fourth-order valence-electron chi connectivity index (χ4n) is 7.78. The van der Waals surface area contributed by atoms with E-state index in [2.05, 4.69) is 164 Å². The van der Waals surface area contributed by atoms with Gasteiger partial charge in [0.1, 0.15) is 11.2 Å². The molecule has 11 rings (SSSR count). The Morgan fingerprint density at radius 1 is 0.352 bits per heavy atom. The number of benzene rings is 8. The Kier molecular flexibility index (Phi) is 7.00. The van der Waals surface area contributed by atoms with E-state index >= 15 is 0 Å². The first-order chi connectivity index (χ1) is 26.7. The third kappa shape index (κ3) is 5.01. The van der Waals surface area contributed by atoms with Crippen LogP contribution in [0.25, 0.3) is 109 Å². The maximum absolute atomic E-state index is 6.68. The highest BCUT2D eigenvalue weighted by molar-refractivity contribution is 7.25. The molecule has 8 aromatic carbocycles. The summed E-state index contributed by atoms with van der Waals surface area (Å²) in [5.74, 6) is 1.86. The lowest BCUT2D eigenvalue weighted by molar-refractivity contribution is 0.673. The molecule has 0 aliphatic heterocycles. The molecular formula is C49H29N3OS. The van der Waals surface area contributed by atoms with Crippen LogP contribution in [0.5, 0.6) is 0 Å². The lowest BCUT2D eigenvalue weighted by Crippen LogP contribution is -2.01. The summed E-state index contributed by atoms with van der Waals surface area (Å²) >= 11 is 1.81. The molecule has 3 aromatic heterocycles. The summed E-state index contributed by atoms with van der Waals surface area (Å²) < 4.78 is 9.18. The van der Waals surface area contributed by atoms with Crippen molar-refractivity contribution in [3.05, 3.63) is 176 Å². The van der Waals surface area contributed by atoms with E-state index in [0.717, 1.165) is 71.7 Å². The molecule has 0 bridgehead atoms. The van der Waals surface area contributed by atoms with Gasteiger partial charge in [-0.2, -0.15) is 0 Å². The van der Waals surface area contributed by atoms with Crippen molar-refractivity contribution in [3.63, 3.8) is 0 Å². The smallest absolute Gasteiger partial charge is 0.164 e. The zero-order valence-electron chi connectivity index (χ0n) is 28.9. The quantitative estimate of drug-likeness (QED) is 0.179. The average Bonchev–Trinajstić information content (AvgIpc) is 3.82. The second kappa shape index (κ2) is 12.3. The highest BCUT2D eigenvalue weighted by Gasteiger charge is 2.21. The lowest BCUT2D eigenvalue weighted by atomic mass is 9.96. The van der Waals surface area contributed by atoms with Crippen LogP contribution >= 0.6 is 11.3 Å². The molecule has 0 unspecified atom stereocenters. The van der Waals surface area contributed by atoms with Gasteiger partial charge in [0.15, 0.2) is 17.5 Å². The van der Waals surface area contributed by atoms with Crippen molar-refractivity contribution in [2.45, 2.75) is 0 Å². The van der Waals surface area contributed by atoms with Crippen molar-refractivity contribution in [1.82, 2.24) is 15.0 Å². The Balaban J connectivity index is 1.19. The molecule has 0 amide bonds. The maximum atomic E-state index is 6.68. The normalized spacial score (nSPS) is 11.7. The average molecular weight is 708 g/mol. The van der Waals surface area contributed by atoms with Gasteiger partial charge in [-0.25, -0.2) is 15.0 Å². The summed E-state index contributed by atoms with van der Waals surface area (Å²) in [5.41, 5.74) is 9.00. The van der Waals surface area contributed by atoms with Gasteiger partial charge in [0.05, 0.1) is 0 Å². The Hall–Kier alpha value is -6.95. The number of fused-ring (bicyclic) bond motifs is 8. The zero-order chi connectivity index (χ0) is 35.6. The standard InChI is InChI=1S/C49H29N3OS/c1-3-13-30(14-4-1)32-17-11-18-33(27-32)47-50-48(34-25-26-44-39(28-34)37-20-9-10-24-43(37)54-44)52-49(51-47)40-29-41-45-35(31-15-5-2-6-16-31)22-12-23-42(45)53-46(41)38-21-8-7-19-36(38)40/h1-29H. The minimum absolute atomic E-state index is 0.611. The van der Waals surface area contributed by atoms with E-state index in [1.807, 2.05) is 12.1 Å². The van der Waals surface area contributed by atoms with Gasteiger partial charge < -0.3 is 4.42 Å². The number of thiophene rings is 1. The first kappa shape index (κ1) is 30.7. The molecule has 0 saturated heterocycles. The molecule has 5 heteroatoms. The molecule has 0 atom stereocenters. The Labute approximate surface area is 314 Å². The zero-order valence-corrected chi connectivity index (χ0v) is 29.7. The van der Waals surface area contributed by atoms with Crippen molar-refractivity contribution in [2.24, 2.45) is 0 Å². The van der Waals surface area contributed by atoms with Crippen LogP contribution in [-0.2, 0) is 0 Å². The Morgan fingerprint density at radius 3 is 1.78 bits per heavy atom. The number of nitrogens with zero attached hydrogens (tertiary/aromatic N) is 3. The van der Waals surface area contributed by atoms with Gasteiger partial charge in [0, 0.05) is 53.0 Å². The second-order valence-corrected chi connectivity index (χ2v) is 14.6. The summed E-state index contributed by atoms with van der Waals surface area (Å²) in [7, 11) is 0. The fraction of sp³-hybridized carbons (Fsp3) is 0. The molecule has 0 aliphatic carbocycles. The van der Waals surface area contributed by atoms with E-state index in [9.17, 15) is 0 Å². The predicted octanol–water partition coefficient (Wildman–Crippen LogP) is 13.6. The van der Waals surface area contributed by atoms with Crippen molar-refractivity contribution in [2.75, 3.05) is 0 Å². The van der Waals surface area contributed by atoms with Gasteiger partial charge in [-0.15, -0.1) is 11.3 Å². The van der Waals surface area contributed by atoms with Crippen molar-refractivity contribution in [3.8, 4) is 56.4 Å². The molecule has 0 fully saturated rings. The van der Waals surface area contributed by atoms with Crippen molar-refractivity contribution in [1.29, 1.82) is 0 Å². The molecule has 0 saturated carbocycles. The van der Waals surface area contributed by atoms with E-state index in [4.69, 9.17) is 19.4 Å². The van der Waals surface area contributed by atoms with Gasteiger partial charge in [-0.05, 0) is 70.1 Å². The van der Waals surface area contributed by atoms with Crippen LogP contribution in [-0.4, -0.2) is 15.0 Å². The third-order valence-corrected chi connectivity index (χ3v) is 11.5. The molecule has 54 heavy (non-hydrogen) atoms. The minimum Gasteiger partial charge on any atom is -0.455 e. The highest BCUT2D eigenvalue weighted by atomic mass is 32.1. The lowest BCUT2D eigenvalue weighted by Gasteiger charge is -2.12. The minimum atomic E-state index is 0.611. The van der Waals surface area contributed by atoms with E-state index in [0.29, 0.717) is 17.5 Å². The molecule has 252 valence electrons. The molecule has 0 spiro atoms. The van der Waals surface area contributed by atoms with Gasteiger partial charge in [0.25, 0.3) is 0 Å². The van der Waals surface area contributed by atoms with Crippen LogP contribution < -0.4 is 0 Å². The summed E-state index contributed by atoms with van der Waals surface area (Å²) in [5, 5.41) is 6.57. The van der Waals surface area contributed by atoms with Crippen LogP contribution in [0, 0.1) is 0 Å². The van der Waals surface area contributed by atoms with Gasteiger partial charge in [-0.3, -0.25) is 0 Å². The number of hydrogen-bond acceptors (Lipinski definition) is 5. The molecule has 11 aromatic rings. The first-order valence-corrected chi connectivity index (χ1v) is 18.8. The highest BCUT2D eigenvalue weighted by Crippen LogP contribution is 2.43.